The maximum absolute atomic E-state index is 12.5. The highest BCUT2D eigenvalue weighted by molar-refractivity contribution is 5.76. The summed E-state index contributed by atoms with van der Waals surface area (Å²) >= 11 is 0. The van der Waals surface area contributed by atoms with Crippen LogP contribution in [-0.2, 0) is 4.79 Å². The number of carbonyl (C=O) groups excluding carboxylic acids is 1. The average molecular weight is 316 g/mol. The number of anilines is 1. The summed E-state index contributed by atoms with van der Waals surface area (Å²) in [6.07, 6.45) is 7.22. The Hall–Kier alpha value is -1.71. The minimum atomic E-state index is 0.363. The second kappa shape index (κ2) is 7.71. The quantitative estimate of drug-likeness (QED) is 0.854. The van der Waals surface area contributed by atoms with Crippen LogP contribution < -0.4 is 9.64 Å². The van der Waals surface area contributed by atoms with Crippen molar-refractivity contribution in [1.29, 1.82) is 0 Å². The van der Waals surface area contributed by atoms with Gasteiger partial charge in [0.05, 0.1) is 7.11 Å². The monoisotopic (exact) mass is 316 g/mol. The van der Waals surface area contributed by atoms with E-state index < -0.39 is 0 Å². The fourth-order valence-corrected chi connectivity index (χ4v) is 3.79. The summed E-state index contributed by atoms with van der Waals surface area (Å²) in [6, 6.07) is 8.17. The molecule has 4 nitrogen and oxygen atoms in total. The first-order valence-electron chi connectivity index (χ1n) is 8.93. The largest absolute Gasteiger partial charge is 0.497 e. The van der Waals surface area contributed by atoms with E-state index in [1.165, 1.54) is 37.8 Å². The number of piperazine rings is 1. The van der Waals surface area contributed by atoms with E-state index >= 15 is 0 Å². The SMILES string of the molecule is COc1cccc(N2CCN(C(=O)CC3CCCCC3)CC2)c1. The molecule has 0 unspecified atom stereocenters. The molecule has 0 N–H and O–H groups in total. The standard InChI is InChI=1S/C19H28N2O2/c1-23-18-9-5-8-17(15-18)20-10-12-21(13-11-20)19(22)14-16-6-3-2-4-7-16/h5,8-9,15-16H,2-4,6-7,10-14H2,1H3. The van der Waals surface area contributed by atoms with Crippen LogP contribution in [0.15, 0.2) is 24.3 Å². The molecule has 23 heavy (non-hydrogen) atoms. The fourth-order valence-electron chi connectivity index (χ4n) is 3.79. The molecule has 0 bridgehead atoms. The van der Waals surface area contributed by atoms with Gasteiger partial charge in [0.2, 0.25) is 5.91 Å². The van der Waals surface area contributed by atoms with Gasteiger partial charge in [0.25, 0.3) is 0 Å². The zero-order valence-corrected chi connectivity index (χ0v) is 14.2. The van der Waals surface area contributed by atoms with Gasteiger partial charge in [0.15, 0.2) is 0 Å². The van der Waals surface area contributed by atoms with Crippen LogP contribution in [0.3, 0.4) is 0 Å². The average Bonchev–Trinajstić information content (AvgIpc) is 2.63. The van der Waals surface area contributed by atoms with E-state index in [0.717, 1.165) is 38.3 Å². The van der Waals surface area contributed by atoms with Crippen LogP contribution in [0, 0.1) is 5.92 Å². The second-order valence-corrected chi connectivity index (χ2v) is 6.78. The molecule has 126 valence electrons. The number of methoxy groups -OCH3 is 1. The van der Waals surface area contributed by atoms with Crippen molar-refractivity contribution in [2.24, 2.45) is 5.92 Å². The van der Waals surface area contributed by atoms with Gasteiger partial charge < -0.3 is 14.5 Å². The summed E-state index contributed by atoms with van der Waals surface area (Å²) in [5, 5.41) is 0. The van der Waals surface area contributed by atoms with E-state index in [2.05, 4.69) is 21.9 Å². The highest BCUT2D eigenvalue weighted by atomic mass is 16.5. The Morgan fingerprint density at radius 1 is 1.13 bits per heavy atom. The molecule has 1 aliphatic carbocycles. The van der Waals surface area contributed by atoms with Crippen LogP contribution >= 0.6 is 0 Å². The third kappa shape index (κ3) is 4.18. The van der Waals surface area contributed by atoms with Crippen molar-refractivity contribution in [3.05, 3.63) is 24.3 Å². The molecule has 3 rings (SSSR count). The fraction of sp³-hybridized carbons (Fsp3) is 0.632. The van der Waals surface area contributed by atoms with Crippen LogP contribution in [0.5, 0.6) is 5.75 Å². The Bertz CT molecular complexity index is 518. The van der Waals surface area contributed by atoms with E-state index in [1.807, 2.05) is 12.1 Å². The first-order valence-corrected chi connectivity index (χ1v) is 8.93. The molecule has 1 aliphatic heterocycles. The Labute approximate surface area is 139 Å². The first kappa shape index (κ1) is 16.2. The van der Waals surface area contributed by atoms with Crippen LogP contribution in [0.4, 0.5) is 5.69 Å². The molecule has 1 heterocycles. The number of hydrogen-bond acceptors (Lipinski definition) is 3. The lowest BCUT2D eigenvalue weighted by atomic mass is 9.86. The maximum atomic E-state index is 12.5. The predicted molar refractivity (Wildman–Crippen MR) is 93.0 cm³/mol. The number of ether oxygens (including phenoxy) is 1. The van der Waals surface area contributed by atoms with Crippen LogP contribution in [-0.4, -0.2) is 44.1 Å². The van der Waals surface area contributed by atoms with Gasteiger partial charge >= 0.3 is 0 Å². The number of rotatable bonds is 4. The minimum absolute atomic E-state index is 0.363. The maximum Gasteiger partial charge on any atom is 0.222 e. The van der Waals surface area contributed by atoms with Gasteiger partial charge in [-0.2, -0.15) is 0 Å². The number of nitrogens with zero attached hydrogens (tertiary/aromatic N) is 2. The molecule has 2 aliphatic rings. The van der Waals surface area contributed by atoms with Crippen molar-refractivity contribution in [3.63, 3.8) is 0 Å². The summed E-state index contributed by atoms with van der Waals surface area (Å²) in [4.78, 5) is 16.9. The number of amides is 1. The molecular weight excluding hydrogens is 288 g/mol. The molecule has 1 aromatic carbocycles. The summed E-state index contributed by atoms with van der Waals surface area (Å²) in [5.41, 5.74) is 1.18. The normalized spacial score (nSPS) is 19.7. The topological polar surface area (TPSA) is 32.8 Å². The molecule has 2 fully saturated rings. The Balaban J connectivity index is 1.50. The molecule has 1 saturated heterocycles. The number of carbonyl (C=O) groups is 1. The molecule has 4 heteroatoms. The Morgan fingerprint density at radius 3 is 2.57 bits per heavy atom. The van der Waals surface area contributed by atoms with Crippen molar-refractivity contribution in [2.75, 3.05) is 38.2 Å². The molecule has 1 aromatic rings. The van der Waals surface area contributed by atoms with E-state index in [0.29, 0.717) is 11.8 Å². The van der Waals surface area contributed by atoms with E-state index in [-0.39, 0.29) is 0 Å². The van der Waals surface area contributed by atoms with Crippen molar-refractivity contribution >= 4 is 11.6 Å². The summed E-state index contributed by atoms with van der Waals surface area (Å²) < 4.78 is 5.30. The molecule has 0 radical (unpaired) electrons. The third-order valence-corrected chi connectivity index (χ3v) is 5.24. The van der Waals surface area contributed by atoms with Crippen LogP contribution in [0.1, 0.15) is 38.5 Å². The lowest BCUT2D eigenvalue weighted by molar-refractivity contribution is -0.132. The van der Waals surface area contributed by atoms with Crippen LogP contribution in [0.25, 0.3) is 0 Å². The Morgan fingerprint density at radius 2 is 1.87 bits per heavy atom. The van der Waals surface area contributed by atoms with E-state index in [9.17, 15) is 4.79 Å². The predicted octanol–water partition coefficient (Wildman–Crippen LogP) is 3.31. The van der Waals surface area contributed by atoms with Crippen molar-refractivity contribution in [1.82, 2.24) is 4.90 Å². The van der Waals surface area contributed by atoms with Gasteiger partial charge in [-0.1, -0.05) is 25.3 Å². The molecule has 1 saturated carbocycles. The molecule has 0 spiro atoms. The van der Waals surface area contributed by atoms with E-state index in [4.69, 9.17) is 4.74 Å². The number of benzene rings is 1. The van der Waals surface area contributed by atoms with Crippen molar-refractivity contribution < 1.29 is 9.53 Å². The lowest BCUT2D eigenvalue weighted by Gasteiger charge is -2.37. The van der Waals surface area contributed by atoms with E-state index in [1.54, 1.807) is 7.11 Å². The highest BCUT2D eigenvalue weighted by Crippen LogP contribution is 2.27. The molecule has 1 amide bonds. The molecular formula is C19H28N2O2. The Kier molecular flexibility index (Phi) is 5.42. The van der Waals surface area contributed by atoms with Gasteiger partial charge in [-0.15, -0.1) is 0 Å². The van der Waals surface area contributed by atoms with Crippen molar-refractivity contribution in [2.45, 2.75) is 38.5 Å². The summed E-state index contributed by atoms with van der Waals surface area (Å²) in [7, 11) is 1.70. The zero-order valence-electron chi connectivity index (χ0n) is 14.2. The third-order valence-electron chi connectivity index (χ3n) is 5.24. The minimum Gasteiger partial charge on any atom is -0.497 e. The van der Waals surface area contributed by atoms with Gasteiger partial charge in [-0.25, -0.2) is 0 Å². The first-order chi connectivity index (χ1) is 11.3. The molecule has 0 atom stereocenters. The smallest absolute Gasteiger partial charge is 0.222 e. The van der Waals surface area contributed by atoms with Gasteiger partial charge in [-0.05, 0) is 30.9 Å². The van der Waals surface area contributed by atoms with Gasteiger partial charge in [0, 0.05) is 44.4 Å². The highest BCUT2D eigenvalue weighted by Gasteiger charge is 2.24. The summed E-state index contributed by atoms with van der Waals surface area (Å²) in [5.74, 6) is 1.88. The second-order valence-electron chi connectivity index (χ2n) is 6.78. The zero-order chi connectivity index (χ0) is 16.1. The lowest BCUT2D eigenvalue weighted by Crippen LogP contribution is -2.49. The molecule has 0 aromatic heterocycles. The van der Waals surface area contributed by atoms with Gasteiger partial charge in [-0.3, -0.25) is 4.79 Å². The van der Waals surface area contributed by atoms with Crippen LogP contribution in [0.2, 0.25) is 0 Å². The van der Waals surface area contributed by atoms with Crippen molar-refractivity contribution in [3.8, 4) is 5.75 Å². The van der Waals surface area contributed by atoms with Gasteiger partial charge in [0.1, 0.15) is 5.75 Å². The summed E-state index contributed by atoms with van der Waals surface area (Å²) in [6.45, 7) is 3.48. The number of hydrogen-bond donors (Lipinski definition) is 0.